The lowest BCUT2D eigenvalue weighted by Gasteiger charge is -2.16. The van der Waals surface area contributed by atoms with E-state index in [1.165, 1.54) is 22.9 Å². The van der Waals surface area contributed by atoms with E-state index in [-0.39, 0.29) is 34.0 Å². The molecule has 0 aliphatic rings. The highest BCUT2D eigenvalue weighted by atomic mass is 19.4. The molecule has 0 aliphatic carbocycles. The van der Waals surface area contributed by atoms with Crippen molar-refractivity contribution in [3.8, 4) is 35.1 Å². The molecule has 4 rings (SSSR count). The predicted molar refractivity (Wildman–Crippen MR) is 131 cm³/mol. The quantitative estimate of drug-likeness (QED) is 0.155. The van der Waals surface area contributed by atoms with Gasteiger partial charge >= 0.3 is 6.18 Å². The van der Waals surface area contributed by atoms with E-state index < -0.39 is 46.5 Å². The summed E-state index contributed by atoms with van der Waals surface area (Å²) >= 11 is 0. The number of ether oxygens (including phenoxy) is 2. The van der Waals surface area contributed by atoms with Crippen LogP contribution in [0.25, 0.3) is 17.3 Å². The van der Waals surface area contributed by atoms with Gasteiger partial charge in [0.25, 0.3) is 0 Å². The summed E-state index contributed by atoms with van der Waals surface area (Å²) in [6, 6.07) is 15.8. The van der Waals surface area contributed by atoms with E-state index in [0.717, 1.165) is 13.2 Å². The standard InChI is InChI=1S/C27H14F7N5O2/c1-40-18-10-13(7-8-17(18)41-25-22(30)20(28)19(27(32,33)34)21(29)23(25)31)9-14(11-35)24-16(12-36)26(37)39(38-24)15-5-3-2-4-6-15/h2-10H,37H2,1H3/b14-9+. The molecule has 7 nitrogen and oxygen atoms in total. The summed E-state index contributed by atoms with van der Waals surface area (Å²) < 4.78 is 107. The Kier molecular flexibility index (Phi) is 7.60. The number of hydrogen-bond donors (Lipinski definition) is 1. The monoisotopic (exact) mass is 573 g/mol. The van der Waals surface area contributed by atoms with Gasteiger partial charge in [-0.05, 0) is 35.9 Å². The number of anilines is 1. The number of aromatic nitrogens is 2. The molecule has 1 heterocycles. The Morgan fingerprint density at radius 2 is 1.59 bits per heavy atom. The van der Waals surface area contributed by atoms with Gasteiger partial charge in [0.05, 0.1) is 18.4 Å². The van der Waals surface area contributed by atoms with Crippen molar-refractivity contribution in [2.75, 3.05) is 12.8 Å². The third-order valence-electron chi connectivity index (χ3n) is 5.63. The smallest absolute Gasteiger partial charge is 0.422 e. The van der Waals surface area contributed by atoms with Crippen LogP contribution in [0.4, 0.5) is 36.6 Å². The van der Waals surface area contributed by atoms with Gasteiger partial charge in [-0.3, -0.25) is 0 Å². The lowest BCUT2D eigenvalue weighted by atomic mass is 10.1. The number of nitrogens with zero attached hydrogens (tertiary/aromatic N) is 4. The summed E-state index contributed by atoms with van der Waals surface area (Å²) in [6.45, 7) is 0. The second-order valence-electron chi connectivity index (χ2n) is 8.11. The SMILES string of the molecule is COc1cc(/C=C(\C#N)c2nn(-c3ccccc3)c(N)c2C#N)ccc1Oc1c(F)c(F)c(C(F)(F)F)c(F)c1F. The van der Waals surface area contributed by atoms with Crippen molar-refractivity contribution in [2.24, 2.45) is 0 Å². The van der Waals surface area contributed by atoms with E-state index in [4.69, 9.17) is 15.2 Å². The first-order valence-corrected chi connectivity index (χ1v) is 11.2. The molecule has 1 aromatic heterocycles. The molecular weight excluding hydrogens is 559 g/mol. The highest BCUT2D eigenvalue weighted by molar-refractivity contribution is 5.91. The molecule has 41 heavy (non-hydrogen) atoms. The number of allylic oxidation sites excluding steroid dienone is 1. The van der Waals surface area contributed by atoms with Crippen LogP contribution in [0.3, 0.4) is 0 Å². The molecule has 3 aromatic carbocycles. The van der Waals surface area contributed by atoms with Crippen LogP contribution in [0.2, 0.25) is 0 Å². The summed E-state index contributed by atoms with van der Waals surface area (Å²) in [5, 5.41) is 23.7. The van der Waals surface area contributed by atoms with Crippen LogP contribution in [0.5, 0.6) is 17.2 Å². The van der Waals surface area contributed by atoms with Gasteiger partial charge in [-0.2, -0.15) is 37.6 Å². The van der Waals surface area contributed by atoms with E-state index >= 15 is 0 Å². The van der Waals surface area contributed by atoms with Crippen LogP contribution in [0.1, 0.15) is 22.4 Å². The fraction of sp³-hybridized carbons (Fsp3) is 0.0741. The first kappa shape index (κ1) is 28.5. The molecule has 0 spiro atoms. The fourth-order valence-corrected chi connectivity index (χ4v) is 3.73. The molecule has 0 atom stereocenters. The maximum atomic E-state index is 14.3. The van der Waals surface area contributed by atoms with Crippen molar-refractivity contribution in [1.82, 2.24) is 9.78 Å². The Hall–Kier alpha value is -5.50. The first-order chi connectivity index (χ1) is 19.4. The van der Waals surface area contributed by atoms with E-state index in [0.29, 0.717) is 5.69 Å². The Labute approximate surface area is 226 Å². The Morgan fingerprint density at radius 3 is 2.12 bits per heavy atom. The van der Waals surface area contributed by atoms with Crippen LogP contribution in [0.15, 0.2) is 48.5 Å². The maximum absolute atomic E-state index is 14.3. The third kappa shape index (κ3) is 5.23. The topological polar surface area (TPSA) is 110 Å². The highest BCUT2D eigenvalue weighted by Crippen LogP contribution is 2.42. The number of alkyl halides is 3. The van der Waals surface area contributed by atoms with E-state index in [2.05, 4.69) is 5.10 Å². The van der Waals surface area contributed by atoms with Crippen LogP contribution >= 0.6 is 0 Å². The molecule has 0 radical (unpaired) electrons. The lowest BCUT2D eigenvalue weighted by molar-refractivity contribution is -0.143. The molecule has 208 valence electrons. The Bertz CT molecular complexity index is 1740. The Morgan fingerprint density at radius 1 is 0.951 bits per heavy atom. The van der Waals surface area contributed by atoms with Gasteiger partial charge in [-0.25, -0.2) is 13.5 Å². The molecule has 4 aromatic rings. The molecule has 0 fully saturated rings. The second-order valence-corrected chi connectivity index (χ2v) is 8.11. The van der Waals surface area contributed by atoms with Gasteiger partial charge < -0.3 is 15.2 Å². The zero-order valence-corrected chi connectivity index (χ0v) is 20.5. The van der Waals surface area contributed by atoms with Crippen molar-refractivity contribution in [3.63, 3.8) is 0 Å². The molecule has 2 N–H and O–H groups in total. The van der Waals surface area contributed by atoms with E-state index in [9.17, 15) is 41.3 Å². The van der Waals surface area contributed by atoms with Gasteiger partial charge in [0.2, 0.25) is 17.4 Å². The third-order valence-corrected chi connectivity index (χ3v) is 5.63. The van der Waals surface area contributed by atoms with Gasteiger partial charge in [-0.1, -0.05) is 24.3 Å². The molecule has 0 saturated carbocycles. The average Bonchev–Trinajstić information content (AvgIpc) is 3.28. The van der Waals surface area contributed by atoms with Crippen molar-refractivity contribution < 1.29 is 40.2 Å². The van der Waals surface area contributed by atoms with Crippen molar-refractivity contribution >= 4 is 17.5 Å². The van der Waals surface area contributed by atoms with Crippen molar-refractivity contribution in [3.05, 3.63) is 94.2 Å². The highest BCUT2D eigenvalue weighted by Gasteiger charge is 2.43. The number of methoxy groups -OCH3 is 1. The molecule has 0 saturated heterocycles. The Balaban J connectivity index is 1.75. The molecule has 14 heteroatoms. The molecule has 0 aliphatic heterocycles. The molecule has 0 unspecified atom stereocenters. The summed E-state index contributed by atoms with van der Waals surface area (Å²) in [7, 11) is 1.09. The second kappa shape index (κ2) is 10.9. The fourth-order valence-electron chi connectivity index (χ4n) is 3.73. The van der Waals surface area contributed by atoms with Gasteiger partial charge in [0.15, 0.2) is 23.1 Å². The normalized spacial score (nSPS) is 11.6. The minimum atomic E-state index is -5.72. The zero-order valence-electron chi connectivity index (χ0n) is 20.5. The van der Waals surface area contributed by atoms with Gasteiger partial charge in [0.1, 0.15) is 34.8 Å². The van der Waals surface area contributed by atoms with Crippen LogP contribution in [-0.4, -0.2) is 16.9 Å². The zero-order chi connectivity index (χ0) is 30.1. The van der Waals surface area contributed by atoms with E-state index in [1.807, 2.05) is 12.1 Å². The summed E-state index contributed by atoms with van der Waals surface area (Å²) in [5.74, 6) is -12.8. The average molecular weight is 573 g/mol. The molecular formula is C27H14F7N5O2. The minimum absolute atomic E-state index is 0.0313. The van der Waals surface area contributed by atoms with Gasteiger partial charge in [-0.15, -0.1) is 0 Å². The molecule has 0 bridgehead atoms. The number of hydrogen-bond acceptors (Lipinski definition) is 6. The lowest BCUT2D eigenvalue weighted by Crippen LogP contribution is -2.15. The predicted octanol–water partition coefficient (Wildman–Crippen LogP) is 6.77. The largest absolute Gasteiger partial charge is 0.493 e. The van der Waals surface area contributed by atoms with Gasteiger partial charge in [0, 0.05) is 0 Å². The van der Waals surface area contributed by atoms with Crippen LogP contribution < -0.4 is 15.2 Å². The number of para-hydroxylation sites is 1. The number of halogens is 7. The van der Waals surface area contributed by atoms with E-state index in [1.54, 1.807) is 30.3 Å². The maximum Gasteiger partial charge on any atom is 0.422 e. The summed E-state index contributed by atoms with van der Waals surface area (Å²) in [5.41, 5.74) is 3.78. The van der Waals surface area contributed by atoms with Crippen LogP contribution in [-0.2, 0) is 6.18 Å². The van der Waals surface area contributed by atoms with Crippen molar-refractivity contribution in [1.29, 1.82) is 10.5 Å². The number of nitrogen functional groups attached to an aromatic ring is 1. The minimum Gasteiger partial charge on any atom is -0.493 e. The molecule has 0 amide bonds. The number of nitrogens with two attached hydrogens (primary N) is 1. The summed E-state index contributed by atoms with van der Waals surface area (Å²) in [4.78, 5) is 0. The van der Waals surface area contributed by atoms with Crippen LogP contribution in [0, 0.1) is 45.9 Å². The number of benzene rings is 3. The summed E-state index contributed by atoms with van der Waals surface area (Å²) in [6.07, 6.45) is -4.45. The van der Waals surface area contributed by atoms with Crippen molar-refractivity contribution in [2.45, 2.75) is 6.18 Å². The first-order valence-electron chi connectivity index (χ1n) is 11.2. The number of rotatable bonds is 6. The number of nitriles is 2.